The molecule has 1 aromatic rings. The Kier molecular flexibility index (Phi) is 2.45. The van der Waals surface area contributed by atoms with Crippen LogP contribution < -0.4 is 11.5 Å². The molecule has 0 radical (unpaired) electrons. The van der Waals surface area contributed by atoms with Gasteiger partial charge in [0.25, 0.3) is 12.2 Å². The van der Waals surface area contributed by atoms with Gasteiger partial charge in [0.1, 0.15) is 11.3 Å². The molecule has 0 saturated heterocycles. The molecule has 0 aliphatic rings. The smallest absolute Gasteiger partial charge is 0.374 e. The summed E-state index contributed by atoms with van der Waals surface area (Å²) in [5, 5.41) is 10.3. The summed E-state index contributed by atoms with van der Waals surface area (Å²) in [5.74, 6) is -1.30. The maximum absolute atomic E-state index is 12.3. The quantitative estimate of drug-likeness (QED) is 0.553. The SMILES string of the molecule is Nc1cc(C(F)F)c([N+](=O)[O-])nc1N. The van der Waals surface area contributed by atoms with Gasteiger partial charge >= 0.3 is 5.82 Å². The Morgan fingerprint density at radius 1 is 1.50 bits per heavy atom. The number of rotatable bonds is 2. The Bertz CT molecular complexity index is 382. The van der Waals surface area contributed by atoms with Gasteiger partial charge in [0.2, 0.25) is 0 Å². The first-order chi connectivity index (χ1) is 6.43. The zero-order valence-corrected chi connectivity index (χ0v) is 6.78. The molecule has 0 aromatic carbocycles. The maximum Gasteiger partial charge on any atom is 0.374 e. The highest BCUT2D eigenvalue weighted by Gasteiger charge is 2.25. The number of pyridine rings is 1. The molecule has 0 bridgehead atoms. The van der Waals surface area contributed by atoms with Gasteiger partial charge in [-0.15, -0.1) is 0 Å². The number of nitrogens with two attached hydrogens (primary N) is 2. The number of alkyl halides is 2. The third-order valence-corrected chi connectivity index (χ3v) is 1.50. The number of hydrogen-bond acceptors (Lipinski definition) is 5. The highest BCUT2D eigenvalue weighted by molar-refractivity contribution is 5.62. The van der Waals surface area contributed by atoms with E-state index < -0.39 is 22.7 Å². The van der Waals surface area contributed by atoms with Crippen LogP contribution in [-0.4, -0.2) is 9.91 Å². The molecule has 0 atom stereocenters. The van der Waals surface area contributed by atoms with Crippen LogP contribution in [0.25, 0.3) is 0 Å². The summed E-state index contributed by atoms with van der Waals surface area (Å²) in [6.07, 6.45) is -3.01. The van der Waals surface area contributed by atoms with Gasteiger partial charge in [-0.3, -0.25) is 0 Å². The molecule has 1 heterocycles. The van der Waals surface area contributed by atoms with Gasteiger partial charge in [-0.2, -0.15) is 0 Å². The van der Waals surface area contributed by atoms with Crippen molar-refractivity contribution in [1.82, 2.24) is 4.98 Å². The summed E-state index contributed by atoms with van der Waals surface area (Å²) in [6, 6.07) is 0.755. The lowest BCUT2D eigenvalue weighted by Gasteiger charge is -2.02. The molecule has 1 rings (SSSR count). The molecule has 1 aromatic heterocycles. The summed E-state index contributed by atoms with van der Waals surface area (Å²) < 4.78 is 24.5. The second-order valence-electron chi connectivity index (χ2n) is 2.43. The lowest BCUT2D eigenvalue weighted by Crippen LogP contribution is -2.05. The Hall–Kier alpha value is -1.99. The lowest BCUT2D eigenvalue weighted by molar-refractivity contribution is -0.390. The number of nitrogen functional groups attached to an aromatic ring is 2. The van der Waals surface area contributed by atoms with E-state index in [0.29, 0.717) is 0 Å². The molecule has 6 nitrogen and oxygen atoms in total. The lowest BCUT2D eigenvalue weighted by atomic mass is 10.2. The summed E-state index contributed by atoms with van der Waals surface area (Å²) in [7, 11) is 0. The number of anilines is 2. The molecule has 0 unspecified atom stereocenters. The molecule has 0 saturated carbocycles. The Balaban J connectivity index is 3.39. The molecule has 0 amide bonds. The van der Waals surface area contributed by atoms with Crippen molar-refractivity contribution >= 4 is 17.3 Å². The molecule has 8 heteroatoms. The molecule has 14 heavy (non-hydrogen) atoms. The minimum Gasteiger partial charge on any atom is -0.394 e. The van der Waals surface area contributed by atoms with Crippen LogP contribution in [0.2, 0.25) is 0 Å². The number of nitrogens with zero attached hydrogens (tertiary/aromatic N) is 2. The topological polar surface area (TPSA) is 108 Å². The van der Waals surface area contributed by atoms with Crippen molar-refractivity contribution in [3.8, 4) is 0 Å². The van der Waals surface area contributed by atoms with Crippen LogP contribution in [0.5, 0.6) is 0 Å². The second-order valence-corrected chi connectivity index (χ2v) is 2.43. The van der Waals surface area contributed by atoms with Gasteiger partial charge in [-0.05, 0) is 16.0 Å². The first kappa shape index (κ1) is 10.1. The van der Waals surface area contributed by atoms with Gasteiger partial charge < -0.3 is 21.6 Å². The predicted molar refractivity (Wildman–Crippen MR) is 44.7 cm³/mol. The number of halogens is 2. The average molecular weight is 204 g/mol. The molecular weight excluding hydrogens is 198 g/mol. The third-order valence-electron chi connectivity index (χ3n) is 1.50. The first-order valence-corrected chi connectivity index (χ1v) is 3.42. The van der Waals surface area contributed by atoms with E-state index in [9.17, 15) is 18.9 Å². The van der Waals surface area contributed by atoms with Crippen molar-refractivity contribution in [1.29, 1.82) is 0 Å². The van der Waals surface area contributed by atoms with Gasteiger partial charge in [0.05, 0.1) is 0 Å². The molecule has 4 N–H and O–H groups in total. The summed E-state index contributed by atoms with van der Waals surface area (Å²) in [5.41, 5.74) is 9.29. The normalized spacial score (nSPS) is 10.5. The monoisotopic (exact) mass is 204 g/mol. The fourth-order valence-corrected chi connectivity index (χ4v) is 0.856. The largest absolute Gasteiger partial charge is 0.394 e. The highest BCUT2D eigenvalue weighted by Crippen LogP contribution is 2.30. The van der Waals surface area contributed by atoms with Crippen LogP contribution in [0, 0.1) is 10.1 Å². The van der Waals surface area contributed by atoms with Crippen molar-refractivity contribution in [2.75, 3.05) is 11.5 Å². The van der Waals surface area contributed by atoms with Crippen LogP contribution in [0.1, 0.15) is 12.0 Å². The molecule has 76 valence electrons. The second kappa shape index (κ2) is 3.40. The van der Waals surface area contributed by atoms with E-state index in [0.717, 1.165) is 6.07 Å². The number of aromatic nitrogens is 1. The Morgan fingerprint density at radius 3 is 2.50 bits per heavy atom. The van der Waals surface area contributed by atoms with Crippen molar-refractivity contribution in [3.05, 3.63) is 21.7 Å². The Morgan fingerprint density at radius 2 is 2.07 bits per heavy atom. The van der Waals surface area contributed by atoms with E-state index >= 15 is 0 Å². The van der Waals surface area contributed by atoms with Crippen LogP contribution in [-0.2, 0) is 0 Å². The zero-order chi connectivity index (χ0) is 10.9. The van der Waals surface area contributed by atoms with Crippen LogP contribution in [0.15, 0.2) is 6.07 Å². The predicted octanol–water partition coefficient (Wildman–Crippen LogP) is 1.09. The van der Waals surface area contributed by atoms with Gasteiger partial charge in [-0.1, -0.05) is 0 Å². The van der Waals surface area contributed by atoms with Gasteiger partial charge in [-0.25, -0.2) is 8.78 Å². The number of nitro groups is 1. The molecule has 0 spiro atoms. The van der Waals surface area contributed by atoms with E-state index in [-0.39, 0.29) is 11.5 Å². The maximum atomic E-state index is 12.3. The molecule has 0 aliphatic carbocycles. The van der Waals surface area contributed by atoms with Crippen LogP contribution in [0.3, 0.4) is 0 Å². The molecule has 0 fully saturated rings. The average Bonchev–Trinajstić information content (AvgIpc) is 2.08. The minimum atomic E-state index is -3.01. The fourth-order valence-electron chi connectivity index (χ4n) is 0.856. The van der Waals surface area contributed by atoms with E-state index in [1.54, 1.807) is 0 Å². The van der Waals surface area contributed by atoms with Crippen molar-refractivity contribution < 1.29 is 13.7 Å². The van der Waals surface area contributed by atoms with Crippen LogP contribution >= 0.6 is 0 Å². The molecule has 0 aliphatic heterocycles. The van der Waals surface area contributed by atoms with E-state index in [1.807, 2.05) is 0 Å². The molecular formula is C6H6F2N4O2. The van der Waals surface area contributed by atoms with E-state index in [4.69, 9.17) is 11.5 Å². The highest BCUT2D eigenvalue weighted by atomic mass is 19.3. The Labute approximate surface area is 76.7 Å². The zero-order valence-electron chi connectivity index (χ0n) is 6.78. The summed E-state index contributed by atoms with van der Waals surface area (Å²) in [6.45, 7) is 0. The van der Waals surface area contributed by atoms with Gasteiger partial charge in [0, 0.05) is 0 Å². The van der Waals surface area contributed by atoms with Crippen molar-refractivity contribution in [2.45, 2.75) is 6.43 Å². The summed E-state index contributed by atoms with van der Waals surface area (Å²) in [4.78, 5) is 12.4. The number of hydrogen-bond donors (Lipinski definition) is 2. The van der Waals surface area contributed by atoms with Gasteiger partial charge in [0.15, 0.2) is 0 Å². The first-order valence-electron chi connectivity index (χ1n) is 3.42. The van der Waals surface area contributed by atoms with E-state index in [2.05, 4.69) is 4.98 Å². The van der Waals surface area contributed by atoms with Crippen molar-refractivity contribution in [3.63, 3.8) is 0 Å². The third kappa shape index (κ3) is 1.68. The van der Waals surface area contributed by atoms with E-state index in [1.165, 1.54) is 0 Å². The fraction of sp³-hybridized carbons (Fsp3) is 0.167. The standard InChI is InChI=1S/C6H6F2N4O2/c7-4(8)2-1-3(9)5(10)11-6(2)12(13)14/h1,4H,9H2,(H2,10,11). The minimum absolute atomic E-state index is 0.203. The van der Waals surface area contributed by atoms with Crippen LogP contribution in [0.4, 0.5) is 26.1 Å². The van der Waals surface area contributed by atoms with Crippen molar-refractivity contribution in [2.24, 2.45) is 0 Å². The summed E-state index contributed by atoms with van der Waals surface area (Å²) >= 11 is 0.